The van der Waals surface area contributed by atoms with Crippen molar-refractivity contribution < 1.29 is 4.74 Å². The first-order chi connectivity index (χ1) is 7.72. The third-order valence-corrected chi connectivity index (χ3v) is 3.39. The highest BCUT2D eigenvalue weighted by atomic mass is 16.5. The van der Waals surface area contributed by atoms with Crippen LogP contribution in [0.15, 0.2) is 30.8 Å². The Morgan fingerprint density at radius 2 is 1.75 bits per heavy atom. The van der Waals surface area contributed by atoms with Crippen LogP contribution >= 0.6 is 0 Å². The molecule has 1 nitrogen and oxygen atoms in total. The summed E-state index contributed by atoms with van der Waals surface area (Å²) in [5.74, 6) is 0.981. The zero-order chi connectivity index (χ0) is 11.4. The lowest BCUT2D eigenvalue weighted by Gasteiger charge is -2.34. The molecule has 0 amide bonds. The molecule has 0 N–H and O–H groups in total. The molecule has 0 radical (unpaired) electrons. The number of rotatable bonds is 3. The minimum absolute atomic E-state index is 0.0495. The normalized spacial score (nSPS) is 19.1. The van der Waals surface area contributed by atoms with Crippen LogP contribution in [0.3, 0.4) is 0 Å². The Morgan fingerprint density at radius 1 is 1.12 bits per heavy atom. The van der Waals surface area contributed by atoms with E-state index in [0.29, 0.717) is 0 Å². The maximum Gasteiger partial charge on any atom is 0.120 e. The molecule has 1 fully saturated rings. The predicted octanol–water partition coefficient (Wildman–Crippen LogP) is 4.43. The first kappa shape index (κ1) is 11.3. The van der Waals surface area contributed by atoms with Crippen LogP contribution in [0, 0.1) is 0 Å². The topological polar surface area (TPSA) is 9.23 Å². The Kier molecular flexibility index (Phi) is 3.33. The first-order valence-corrected chi connectivity index (χ1v) is 6.13. The summed E-state index contributed by atoms with van der Waals surface area (Å²) in [4.78, 5) is 0. The summed E-state index contributed by atoms with van der Waals surface area (Å²) in [7, 11) is 0. The molecule has 1 saturated carbocycles. The smallest absolute Gasteiger partial charge is 0.120 e. The summed E-state index contributed by atoms with van der Waals surface area (Å²) < 4.78 is 6.11. The van der Waals surface area contributed by atoms with Gasteiger partial charge in [-0.3, -0.25) is 0 Å². The number of hydrogen-bond donors (Lipinski definition) is 0. The molecule has 0 bridgehead atoms. The molecule has 0 unspecified atom stereocenters. The quantitative estimate of drug-likeness (QED) is 0.726. The minimum Gasteiger partial charge on any atom is -0.488 e. The van der Waals surface area contributed by atoms with Crippen molar-refractivity contribution >= 4 is 6.08 Å². The lowest BCUT2D eigenvalue weighted by Crippen LogP contribution is -2.34. The molecule has 0 aromatic heterocycles. The zero-order valence-electron chi connectivity index (χ0n) is 10.0. The SMILES string of the molecule is C=Cc1ccc(OC2(C)CCCCC2)cc1. The molecule has 1 aliphatic carbocycles. The van der Waals surface area contributed by atoms with E-state index in [0.717, 1.165) is 11.3 Å². The summed E-state index contributed by atoms with van der Waals surface area (Å²) in [6.07, 6.45) is 8.15. The van der Waals surface area contributed by atoms with Crippen molar-refractivity contribution in [2.24, 2.45) is 0 Å². The molecule has 0 spiro atoms. The van der Waals surface area contributed by atoms with Crippen LogP contribution in [0.25, 0.3) is 6.08 Å². The van der Waals surface area contributed by atoms with Gasteiger partial charge in [0.2, 0.25) is 0 Å². The van der Waals surface area contributed by atoms with Gasteiger partial charge in [-0.25, -0.2) is 0 Å². The van der Waals surface area contributed by atoms with Crippen molar-refractivity contribution in [2.75, 3.05) is 0 Å². The molecule has 1 aromatic carbocycles. The molecular weight excluding hydrogens is 196 g/mol. The Morgan fingerprint density at radius 3 is 2.31 bits per heavy atom. The zero-order valence-corrected chi connectivity index (χ0v) is 10.0. The van der Waals surface area contributed by atoms with E-state index in [1.807, 2.05) is 18.2 Å². The largest absolute Gasteiger partial charge is 0.488 e. The van der Waals surface area contributed by atoms with Crippen molar-refractivity contribution in [1.29, 1.82) is 0 Å². The van der Waals surface area contributed by atoms with Crippen molar-refractivity contribution in [3.63, 3.8) is 0 Å². The average molecular weight is 216 g/mol. The fourth-order valence-corrected chi connectivity index (χ4v) is 2.36. The van der Waals surface area contributed by atoms with Crippen LogP contribution in [0.1, 0.15) is 44.6 Å². The minimum atomic E-state index is 0.0495. The van der Waals surface area contributed by atoms with Crippen LogP contribution in [-0.4, -0.2) is 5.60 Å². The predicted molar refractivity (Wildman–Crippen MR) is 68.7 cm³/mol. The van der Waals surface area contributed by atoms with E-state index in [1.54, 1.807) is 0 Å². The van der Waals surface area contributed by atoms with Gasteiger partial charge in [-0.05, 0) is 50.3 Å². The van der Waals surface area contributed by atoms with Gasteiger partial charge >= 0.3 is 0 Å². The van der Waals surface area contributed by atoms with Crippen molar-refractivity contribution in [3.8, 4) is 5.75 Å². The van der Waals surface area contributed by atoms with Gasteiger partial charge in [-0.2, -0.15) is 0 Å². The van der Waals surface area contributed by atoms with Crippen LogP contribution in [0.5, 0.6) is 5.75 Å². The third-order valence-electron chi connectivity index (χ3n) is 3.39. The maximum absolute atomic E-state index is 6.11. The monoisotopic (exact) mass is 216 g/mol. The standard InChI is InChI=1S/C15H20O/c1-3-13-7-9-14(10-8-13)16-15(2)11-5-4-6-12-15/h3,7-10H,1,4-6,11-12H2,2H3. The van der Waals surface area contributed by atoms with Crippen LogP contribution in [0.2, 0.25) is 0 Å². The molecule has 1 aliphatic rings. The first-order valence-electron chi connectivity index (χ1n) is 6.13. The van der Waals surface area contributed by atoms with E-state index in [2.05, 4.69) is 25.6 Å². The van der Waals surface area contributed by atoms with E-state index >= 15 is 0 Å². The third kappa shape index (κ3) is 2.66. The van der Waals surface area contributed by atoms with Gasteiger partial charge in [0.1, 0.15) is 11.4 Å². The Bertz CT molecular complexity index is 344. The average Bonchev–Trinajstić information content (AvgIpc) is 2.30. The second-order valence-electron chi connectivity index (χ2n) is 4.89. The summed E-state index contributed by atoms with van der Waals surface area (Å²) in [6.45, 7) is 5.98. The van der Waals surface area contributed by atoms with Gasteiger partial charge in [0.15, 0.2) is 0 Å². The van der Waals surface area contributed by atoms with Gasteiger partial charge in [0, 0.05) is 0 Å². The van der Waals surface area contributed by atoms with Crippen LogP contribution in [0.4, 0.5) is 0 Å². The lowest BCUT2D eigenvalue weighted by molar-refractivity contribution is 0.0487. The molecule has 0 atom stereocenters. The summed E-state index contributed by atoms with van der Waals surface area (Å²) in [6, 6.07) is 8.18. The maximum atomic E-state index is 6.11. The van der Waals surface area contributed by atoms with Crippen LogP contribution in [-0.2, 0) is 0 Å². The molecule has 1 aromatic rings. The molecule has 0 aliphatic heterocycles. The fourth-order valence-electron chi connectivity index (χ4n) is 2.36. The van der Waals surface area contributed by atoms with Crippen LogP contribution < -0.4 is 4.74 Å². The Balaban J connectivity index is 2.04. The highest BCUT2D eigenvalue weighted by Gasteiger charge is 2.28. The second-order valence-corrected chi connectivity index (χ2v) is 4.89. The number of benzene rings is 1. The molecule has 16 heavy (non-hydrogen) atoms. The van der Waals surface area contributed by atoms with E-state index in [9.17, 15) is 0 Å². The highest BCUT2D eigenvalue weighted by Crippen LogP contribution is 2.32. The lowest BCUT2D eigenvalue weighted by atomic mass is 9.86. The van der Waals surface area contributed by atoms with E-state index < -0.39 is 0 Å². The fraction of sp³-hybridized carbons (Fsp3) is 0.467. The highest BCUT2D eigenvalue weighted by molar-refractivity contribution is 5.48. The molecule has 0 heterocycles. The second kappa shape index (κ2) is 4.73. The van der Waals surface area contributed by atoms with Gasteiger partial charge in [-0.15, -0.1) is 0 Å². The Labute approximate surface area is 98.1 Å². The van der Waals surface area contributed by atoms with Crippen molar-refractivity contribution in [3.05, 3.63) is 36.4 Å². The number of ether oxygens (including phenoxy) is 1. The summed E-state index contributed by atoms with van der Waals surface area (Å²) in [5.41, 5.74) is 1.19. The number of hydrogen-bond acceptors (Lipinski definition) is 1. The van der Waals surface area contributed by atoms with Gasteiger partial charge in [0.25, 0.3) is 0 Å². The molecular formula is C15H20O. The Hall–Kier alpha value is -1.24. The van der Waals surface area contributed by atoms with Gasteiger partial charge in [-0.1, -0.05) is 31.2 Å². The molecule has 0 saturated heterocycles. The van der Waals surface area contributed by atoms with Crippen molar-refractivity contribution in [1.82, 2.24) is 0 Å². The van der Waals surface area contributed by atoms with E-state index in [1.165, 1.54) is 32.1 Å². The van der Waals surface area contributed by atoms with E-state index in [-0.39, 0.29) is 5.60 Å². The van der Waals surface area contributed by atoms with Crippen molar-refractivity contribution in [2.45, 2.75) is 44.6 Å². The molecule has 2 rings (SSSR count). The molecule has 86 valence electrons. The summed E-state index contributed by atoms with van der Waals surface area (Å²) >= 11 is 0. The van der Waals surface area contributed by atoms with Gasteiger partial charge < -0.3 is 4.74 Å². The van der Waals surface area contributed by atoms with Gasteiger partial charge in [0.05, 0.1) is 0 Å². The molecule has 1 heteroatoms. The van der Waals surface area contributed by atoms with E-state index in [4.69, 9.17) is 4.74 Å². The summed E-state index contributed by atoms with van der Waals surface area (Å²) in [5, 5.41) is 0.